The number of carbonyl (C=O) groups excluding carboxylic acids is 1. The lowest BCUT2D eigenvalue weighted by molar-refractivity contribution is -0.139. The Morgan fingerprint density at radius 2 is 1.92 bits per heavy atom. The summed E-state index contributed by atoms with van der Waals surface area (Å²) >= 11 is 3.54. The molecule has 0 amide bonds. The third-order valence-corrected chi connectivity index (χ3v) is 7.25. The molecule has 0 N–H and O–H groups in total. The van der Waals surface area contributed by atoms with Gasteiger partial charge in [-0.2, -0.15) is 0 Å². The van der Waals surface area contributed by atoms with Crippen molar-refractivity contribution in [1.29, 1.82) is 0 Å². The molecule has 7 nitrogen and oxygen atoms in total. The van der Waals surface area contributed by atoms with Gasteiger partial charge in [0.1, 0.15) is 0 Å². The fraction of sp³-hybridized carbons (Fsp3) is 0.296. The van der Waals surface area contributed by atoms with Gasteiger partial charge in [-0.15, -0.1) is 0 Å². The number of aromatic nitrogens is 1. The molecule has 0 saturated heterocycles. The molecule has 2 heterocycles. The maximum Gasteiger partial charge on any atom is 0.338 e. The van der Waals surface area contributed by atoms with Crippen LogP contribution in [0.15, 0.2) is 63.5 Å². The highest BCUT2D eigenvalue weighted by Crippen LogP contribution is 2.36. The van der Waals surface area contributed by atoms with Gasteiger partial charge in [0.25, 0.3) is 5.56 Å². The van der Waals surface area contributed by atoms with Crippen LogP contribution in [-0.4, -0.2) is 30.4 Å². The van der Waals surface area contributed by atoms with Crippen LogP contribution in [0.1, 0.15) is 44.9 Å². The zero-order valence-electron chi connectivity index (χ0n) is 20.7. The van der Waals surface area contributed by atoms with Gasteiger partial charge in [0.15, 0.2) is 16.3 Å². The first-order valence-corrected chi connectivity index (χ1v) is 13.4. The van der Waals surface area contributed by atoms with Gasteiger partial charge < -0.3 is 14.2 Å². The van der Waals surface area contributed by atoms with Crippen LogP contribution >= 0.6 is 33.9 Å². The molecule has 36 heavy (non-hydrogen) atoms. The molecule has 0 unspecified atom stereocenters. The minimum Gasteiger partial charge on any atom is -0.493 e. The van der Waals surface area contributed by atoms with Crippen molar-refractivity contribution < 1.29 is 19.0 Å². The lowest BCUT2D eigenvalue weighted by Crippen LogP contribution is -2.40. The van der Waals surface area contributed by atoms with E-state index in [1.807, 2.05) is 50.3 Å². The molecule has 1 atom stereocenters. The van der Waals surface area contributed by atoms with Crippen LogP contribution in [0.3, 0.4) is 0 Å². The van der Waals surface area contributed by atoms with Gasteiger partial charge >= 0.3 is 5.97 Å². The number of ether oxygens (including phenoxy) is 3. The van der Waals surface area contributed by atoms with Crippen molar-refractivity contribution in [3.63, 3.8) is 0 Å². The molecule has 1 aliphatic rings. The van der Waals surface area contributed by atoms with Gasteiger partial charge in [-0.25, -0.2) is 9.79 Å². The van der Waals surface area contributed by atoms with Gasteiger partial charge in [0.2, 0.25) is 0 Å². The summed E-state index contributed by atoms with van der Waals surface area (Å²) in [6.45, 7) is 7.60. The average Bonchev–Trinajstić information content (AvgIpc) is 3.14. The Balaban J connectivity index is 1.94. The van der Waals surface area contributed by atoms with Crippen molar-refractivity contribution >= 4 is 46.0 Å². The number of carbonyl (C=O) groups is 1. The van der Waals surface area contributed by atoms with Crippen LogP contribution in [-0.2, 0) is 9.53 Å². The topological polar surface area (TPSA) is 79.1 Å². The van der Waals surface area contributed by atoms with E-state index in [1.54, 1.807) is 37.7 Å². The van der Waals surface area contributed by atoms with Crippen molar-refractivity contribution in [2.75, 3.05) is 13.7 Å². The Labute approximate surface area is 226 Å². The van der Waals surface area contributed by atoms with Crippen LogP contribution in [0.2, 0.25) is 0 Å². The van der Waals surface area contributed by atoms with E-state index in [9.17, 15) is 9.59 Å². The van der Waals surface area contributed by atoms with Gasteiger partial charge in [-0.1, -0.05) is 29.5 Å². The fourth-order valence-electron chi connectivity index (χ4n) is 4.02. The van der Waals surface area contributed by atoms with Gasteiger partial charge in [0, 0.05) is 3.57 Å². The molecule has 2 aromatic carbocycles. The van der Waals surface area contributed by atoms with E-state index in [2.05, 4.69) is 27.6 Å². The molecule has 188 valence electrons. The largest absolute Gasteiger partial charge is 0.493 e. The second-order valence-electron chi connectivity index (χ2n) is 8.43. The first-order chi connectivity index (χ1) is 17.2. The number of rotatable bonds is 7. The molecule has 1 aromatic heterocycles. The van der Waals surface area contributed by atoms with E-state index in [-0.39, 0.29) is 18.3 Å². The molecule has 0 fully saturated rings. The molecule has 4 rings (SSSR count). The predicted molar refractivity (Wildman–Crippen MR) is 148 cm³/mol. The zero-order chi connectivity index (χ0) is 26.0. The van der Waals surface area contributed by atoms with Crippen molar-refractivity contribution in [3.8, 4) is 11.5 Å². The highest BCUT2D eigenvalue weighted by Gasteiger charge is 2.34. The number of hydrogen-bond donors (Lipinski definition) is 0. The molecule has 1 aliphatic heterocycles. The van der Waals surface area contributed by atoms with Crippen molar-refractivity contribution in [1.82, 2.24) is 4.57 Å². The maximum atomic E-state index is 13.7. The lowest BCUT2D eigenvalue weighted by atomic mass is 9.95. The number of hydrogen-bond acceptors (Lipinski definition) is 7. The summed E-state index contributed by atoms with van der Waals surface area (Å²) < 4.78 is 20.0. The summed E-state index contributed by atoms with van der Waals surface area (Å²) in [6, 6.07) is 12.6. The van der Waals surface area contributed by atoms with Crippen LogP contribution in [0.4, 0.5) is 0 Å². The van der Waals surface area contributed by atoms with Crippen LogP contribution < -0.4 is 24.4 Å². The van der Waals surface area contributed by atoms with Crippen LogP contribution in [0, 0.1) is 3.57 Å². The molecule has 0 bridgehead atoms. The molecular formula is C27H27IN2O5S. The van der Waals surface area contributed by atoms with E-state index in [0.717, 1.165) is 9.13 Å². The summed E-state index contributed by atoms with van der Waals surface area (Å²) in [6.07, 6.45) is 1.81. The summed E-state index contributed by atoms with van der Waals surface area (Å²) in [4.78, 5) is 32.0. The highest BCUT2D eigenvalue weighted by molar-refractivity contribution is 14.1. The minimum atomic E-state index is -0.721. The third kappa shape index (κ3) is 5.27. The standard InChI is InChI=1S/C27H27IN2O5S/c1-6-34-26(32)23-16(4)29-27-30(25(31)22(36-27)13-17-7-10-19(28)11-8-17)24(23)18-9-12-20(35-15(2)3)21(14-18)33-5/h7-15,24H,6H2,1-5H3/b22-13-/t24-/m0/s1. The van der Waals surface area contributed by atoms with E-state index in [4.69, 9.17) is 14.2 Å². The lowest BCUT2D eigenvalue weighted by Gasteiger charge is -2.25. The fourth-order valence-corrected chi connectivity index (χ4v) is 5.43. The Bertz CT molecular complexity index is 1500. The summed E-state index contributed by atoms with van der Waals surface area (Å²) in [5.41, 5.74) is 2.22. The normalized spacial score (nSPS) is 15.5. The maximum absolute atomic E-state index is 13.7. The molecule has 0 spiro atoms. The molecular weight excluding hydrogens is 591 g/mol. The quantitative estimate of drug-likeness (QED) is 0.293. The number of nitrogens with zero attached hydrogens (tertiary/aromatic N) is 2. The summed E-state index contributed by atoms with van der Waals surface area (Å²) in [5.74, 6) is 0.595. The molecule has 0 aliphatic carbocycles. The van der Waals surface area contributed by atoms with E-state index in [1.165, 1.54) is 11.3 Å². The van der Waals surface area contributed by atoms with Crippen LogP contribution in [0.25, 0.3) is 6.08 Å². The van der Waals surface area contributed by atoms with Crippen molar-refractivity contribution in [3.05, 3.63) is 88.1 Å². The number of benzene rings is 2. The summed E-state index contributed by atoms with van der Waals surface area (Å²) in [7, 11) is 1.56. The second kappa shape index (κ2) is 11.0. The Morgan fingerprint density at radius 1 is 1.19 bits per heavy atom. The average molecular weight is 618 g/mol. The predicted octanol–water partition coefficient (Wildman–Crippen LogP) is 4.20. The third-order valence-electron chi connectivity index (χ3n) is 5.55. The Morgan fingerprint density at radius 3 is 2.56 bits per heavy atom. The monoisotopic (exact) mass is 618 g/mol. The van der Waals surface area contributed by atoms with Gasteiger partial charge in [-0.05, 0) is 91.8 Å². The van der Waals surface area contributed by atoms with E-state index in [0.29, 0.717) is 37.7 Å². The van der Waals surface area contributed by atoms with Crippen molar-refractivity contribution in [2.45, 2.75) is 39.8 Å². The van der Waals surface area contributed by atoms with E-state index >= 15 is 0 Å². The number of esters is 1. The number of allylic oxidation sites excluding steroid dienone is 1. The first kappa shape index (κ1) is 26.2. The van der Waals surface area contributed by atoms with Crippen LogP contribution in [0.5, 0.6) is 11.5 Å². The molecule has 0 radical (unpaired) electrons. The number of methoxy groups -OCH3 is 1. The molecule has 0 saturated carbocycles. The Kier molecular flexibility index (Phi) is 7.99. The van der Waals surface area contributed by atoms with E-state index < -0.39 is 12.0 Å². The van der Waals surface area contributed by atoms with Crippen molar-refractivity contribution in [2.24, 2.45) is 4.99 Å². The number of halogens is 1. The Hall–Kier alpha value is -2.92. The first-order valence-electron chi connectivity index (χ1n) is 11.5. The number of thiazole rings is 1. The highest BCUT2D eigenvalue weighted by atomic mass is 127. The number of fused-ring (bicyclic) bond motifs is 1. The second-order valence-corrected chi connectivity index (χ2v) is 10.7. The summed E-state index contributed by atoms with van der Waals surface area (Å²) in [5, 5.41) is 0. The van der Waals surface area contributed by atoms with Gasteiger partial charge in [0.05, 0.1) is 41.7 Å². The smallest absolute Gasteiger partial charge is 0.338 e. The SMILES string of the molecule is CCOC(=O)C1=C(C)N=c2s/c(=C\c3ccc(I)cc3)c(=O)n2[C@H]1c1ccc(OC(C)C)c(OC)c1. The molecule has 9 heteroatoms. The molecule has 3 aromatic rings. The minimum absolute atomic E-state index is 0.0408. The van der Waals surface area contributed by atoms with Gasteiger partial charge in [-0.3, -0.25) is 9.36 Å². The zero-order valence-corrected chi connectivity index (χ0v) is 23.7.